The molecule has 2 aromatic carbocycles. The topological polar surface area (TPSA) is 54.1 Å². The highest BCUT2D eigenvalue weighted by molar-refractivity contribution is 5.89. The second-order valence-electron chi connectivity index (χ2n) is 5.83. The molecule has 2 heterocycles. The molecule has 4 nitrogen and oxygen atoms in total. The van der Waals surface area contributed by atoms with Gasteiger partial charge in [-0.15, -0.1) is 0 Å². The first kappa shape index (κ1) is 13.9. The number of nitrogens with one attached hydrogen (secondary N) is 2. The zero-order valence-electron chi connectivity index (χ0n) is 12.7. The van der Waals surface area contributed by atoms with E-state index in [1.165, 1.54) is 0 Å². The number of H-pyrrole nitrogens is 1. The van der Waals surface area contributed by atoms with E-state index in [2.05, 4.69) is 10.3 Å². The van der Waals surface area contributed by atoms with Gasteiger partial charge >= 0.3 is 0 Å². The van der Waals surface area contributed by atoms with E-state index in [1.54, 1.807) is 0 Å². The van der Waals surface area contributed by atoms with Crippen molar-refractivity contribution in [3.8, 4) is 5.75 Å². The average Bonchev–Trinajstić information content (AvgIpc) is 2.98. The average molecular weight is 306 g/mol. The molecule has 2 N–H and O–H groups in total. The van der Waals surface area contributed by atoms with E-state index in [1.807, 2.05) is 54.7 Å². The van der Waals surface area contributed by atoms with E-state index in [-0.39, 0.29) is 11.9 Å². The molecule has 0 spiro atoms. The van der Waals surface area contributed by atoms with Gasteiger partial charge in [-0.2, -0.15) is 0 Å². The molecule has 116 valence electrons. The number of hydrogen-bond acceptors (Lipinski definition) is 2. The SMILES string of the molecule is O=C(Cc1c[nH]c2ccccc12)N[C@@H]1CCOc2ccccc21. The summed E-state index contributed by atoms with van der Waals surface area (Å²) in [6.07, 6.45) is 3.10. The molecule has 4 heteroatoms. The van der Waals surface area contributed by atoms with E-state index >= 15 is 0 Å². The molecule has 0 fully saturated rings. The van der Waals surface area contributed by atoms with Gasteiger partial charge in [0.25, 0.3) is 0 Å². The predicted octanol–water partition coefficient (Wildman–Crippen LogP) is 3.35. The molecule has 1 aliphatic rings. The van der Waals surface area contributed by atoms with Crippen LogP contribution in [0.25, 0.3) is 10.9 Å². The molecule has 0 saturated heterocycles. The number of carbonyl (C=O) groups excluding carboxylic acids is 1. The Bertz CT molecular complexity index is 853. The maximum Gasteiger partial charge on any atom is 0.224 e. The van der Waals surface area contributed by atoms with Crippen molar-refractivity contribution in [1.82, 2.24) is 10.3 Å². The highest BCUT2D eigenvalue weighted by Crippen LogP contribution is 2.31. The quantitative estimate of drug-likeness (QED) is 0.779. The third kappa shape index (κ3) is 2.68. The Kier molecular flexibility index (Phi) is 3.50. The molecule has 1 atom stereocenters. The predicted molar refractivity (Wildman–Crippen MR) is 89.4 cm³/mol. The van der Waals surface area contributed by atoms with Gasteiger partial charge in [-0.25, -0.2) is 0 Å². The van der Waals surface area contributed by atoms with Crippen LogP contribution in [0.4, 0.5) is 0 Å². The Morgan fingerprint density at radius 3 is 2.96 bits per heavy atom. The summed E-state index contributed by atoms with van der Waals surface area (Å²) in [5.41, 5.74) is 3.15. The first-order chi connectivity index (χ1) is 11.3. The maximum atomic E-state index is 12.5. The van der Waals surface area contributed by atoms with Crippen molar-refractivity contribution < 1.29 is 9.53 Å². The van der Waals surface area contributed by atoms with Crippen LogP contribution in [-0.2, 0) is 11.2 Å². The first-order valence-electron chi connectivity index (χ1n) is 7.87. The van der Waals surface area contributed by atoms with E-state index < -0.39 is 0 Å². The van der Waals surface area contributed by atoms with Gasteiger partial charge in [0, 0.05) is 29.1 Å². The van der Waals surface area contributed by atoms with Gasteiger partial charge in [0.1, 0.15) is 5.75 Å². The van der Waals surface area contributed by atoms with Crippen molar-refractivity contribution in [2.45, 2.75) is 18.9 Å². The molecule has 4 rings (SSSR count). The lowest BCUT2D eigenvalue weighted by Crippen LogP contribution is -2.33. The summed E-state index contributed by atoms with van der Waals surface area (Å²) in [5.74, 6) is 0.910. The fraction of sp³-hybridized carbons (Fsp3) is 0.211. The molecular weight excluding hydrogens is 288 g/mol. The van der Waals surface area contributed by atoms with Gasteiger partial charge in [-0.3, -0.25) is 4.79 Å². The van der Waals surface area contributed by atoms with Crippen LogP contribution in [0.2, 0.25) is 0 Å². The van der Waals surface area contributed by atoms with Crippen LogP contribution in [0.3, 0.4) is 0 Å². The number of aromatic nitrogens is 1. The van der Waals surface area contributed by atoms with Crippen molar-refractivity contribution in [1.29, 1.82) is 0 Å². The van der Waals surface area contributed by atoms with E-state index in [9.17, 15) is 4.79 Å². The largest absolute Gasteiger partial charge is 0.493 e. The summed E-state index contributed by atoms with van der Waals surface area (Å²) >= 11 is 0. The highest BCUT2D eigenvalue weighted by Gasteiger charge is 2.22. The number of aromatic amines is 1. The van der Waals surface area contributed by atoms with Gasteiger partial charge in [-0.1, -0.05) is 36.4 Å². The fourth-order valence-electron chi connectivity index (χ4n) is 3.19. The molecule has 0 aliphatic carbocycles. The highest BCUT2D eigenvalue weighted by atomic mass is 16.5. The van der Waals surface area contributed by atoms with Crippen LogP contribution in [0.15, 0.2) is 54.7 Å². The minimum Gasteiger partial charge on any atom is -0.493 e. The monoisotopic (exact) mass is 306 g/mol. The third-order valence-corrected chi connectivity index (χ3v) is 4.32. The molecule has 0 bridgehead atoms. The summed E-state index contributed by atoms with van der Waals surface area (Å²) in [6, 6.07) is 16.0. The summed E-state index contributed by atoms with van der Waals surface area (Å²) in [6.45, 7) is 0.634. The van der Waals surface area contributed by atoms with Gasteiger partial charge in [0.05, 0.1) is 19.1 Å². The van der Waals surface area contributed by atoms with Gasteiger partial charge in [0.15, 0.2) is 0 Å². The Labute approximate surface area is 134 Å². The number of hydrogen-bond donors (Lipinski definition) is 2. The van der Waals surface area contributed by atoms with Crippen molar-refractivity contribution in [2.24, 2.45) is 0 Å². The van der Waals surface area contributed by atoms with Crippen LogP contribution in [-0.4, -0.2) is 17.5 Å². The van der Waals surface area contributed by atoms with Crippen LogP contribution < -0.4 is 10.1 Å². The molecule has 1 amide bonds. The van der Waals surface area contributed by atoms with Crippen molar-refractivity contribution in [3.05, 3.63) is 65.9 Å². The number of carbonyl (C=O) groups is 1. The minimum atomic E-state index is 0.0256. The Hall–Kier alpha value is -2.75. The minimum absolute atomic E-state index is 0.0256. The summed E-state index contributed by atoms with van der Waals surface area (Å²) in [5, 5.41) is 4.25. The Morgan fingerprint density at radius 2 is 2.00 bits per heavy atom. The summed E-state index contributed by atoms with van der Waals surface area (Å²) in [7, 11) is 0. The fourth-order valence-corrected chi connectivity index (χ4v) is 3.19. The van der Waals surface area contributed by atoms with Crippen LogP contribution >= 0.6 is 0 Å². The molecule has 23 heavy (non-hydrogen) atoms. The van der Waals surface area contributed by atoms with Crippen LogP contribution in [0.1, 0.15) is 23.6 Å². The number of fused-ring (bicyclic) bond motifs is 2. The number of benzene rings is 2. The van der Waals surface area contributed by atoms with Crippen LogP contribution in [0, 0.1) is 0 Å². The molecule has 1 aliphatic heterocycles. The lowest BCUT2D eigenvalue weighted by atomic mass is 10.00. The lowest BCUT2D eigenvalue weighted by molar-refractivity contribution is -0.121. The van der Waals surface area contributed by atoms with Gasteiger partial charge in [0.2, 0.25) is 5.91 Å². The summed E-state index contributed by atoms with van der Waals surface area (Å²) < 4.78 is 5.64. The summed E-state index contributed by atoms with van der Waals surface area (Å²) in [4.78, 5) is 15.7. The van der Waals surface area contributed by atoms with Gasteiger partial charge < -0.3 is 15.0 Å². The molecule has 1 aromatic heterocycles. The van der Waals surface area contributed by atoms with E-state index in [4.69, 9.17) is 4.74 Å². The molecule has 0 saturated carbocycles. The maximum absolute atomic E-state index is 12.5. The van der Waals surface area contributed by atoms with Crippen LogP contribution in [0.5, 0.6) is 5.75 Å². The normalized spacial score (nSPS) is 16.6. The molecular formula is C19H18N2O2. The second kappa shape index (κ2) is 5.80. The zero-order valence-corrected chi connectivity index (χ0v) is 12.7. The lowest BCUT2D eigenvalue weighted by Gasteiger charge is -2.26. The molecule has 0 radical (unpaired) electrons. The zero-order chi connectivity index (χ0) is 15.6. The standard InChI is InChI=1S/C19H18N2O2/c22-19(11-13-12-20-16-7-3-1-5-14(13)16)21-17-9-10-23-18-8-4-2-6-15(17)18/h1-8,12,17,20H,9-11H2,(H,21,22)/t17-/m1/s1. The number of amides is 1. The number of rotatable bonds is 3. The van der Waals surface area contributed by atoms with Crippen molar-refractivity contribution in [3.63, 3.8) is 0 Å². The van der Waals surface area contributed by atoms with Gasteiger partial charge in [-0.05, 0) is 17.7 Å². The molecule has 0 unspecified atom stereocenters. The Balaban J connectivity index is 1.51. The second-order valence-corrected chi connectivity index (χ2v) is 5.83. The number of ether oxygens (including phenoxy) is 1. The first-order valence-corrected chi connectivity index (χ1v) is 7.87. The number of para-hydroxylation sites is 2. The third-order valence-electron chi connectivity index (χ3n) is 4.32. The van der Waals surface area contributed by atoms with E-state index in [0.717, 1.165) is 34.2 Å². The van der Waals surface area contributed by atoms with Crippen molar-refractivity contribution >= 4 is 16.8 Å². The van der Waals surface area contributed by atoms with Crippen molar-refractivity contribution in [2.75, 3.05) is 6.61 Å². The Morgan fingerprint density at radius 1 is 1.17 bits per heavy atom. The molecule has 3 aromatic rings. The smallest absolute Gasteiger partial charge is 0.224 e. The van der Waals surface area contributed by atoms with E-state index in [0.29, 0.717) is 13.0 Å².